The van der Waals surface area contributed by atoms with E-state index in [2.05, 4.69) is 10.1 Å². The van der Waals surface area contributed by atoms with Gasteiger partial charge in [0, 0.05) is 6.07 Å². The Bertz CT molecular complexity index is 652. The Morgan fingerprint density at radius 2 is 2.11 bits per heavy atom. The summed E-state index contributed by atoms with van der Waals surface area (Å²) in [5.41, 5.74) is -3.22. The summed E-state index contributed by atoms with van der Waals surface area (Å²) in [4.78, 5) is 12.4. The van der Waals surface area contributed by atoms with Crippen LogP contribution in [0, 0.1) is 21.4 Å². The number of aromatic nitrogens is 1. The molecular weight excluding hydrogens is 274 g/mol. The lowest BCUT2D eigenvalue weighted by Crippen LogP contribution is -2.18. The molecule has 0 amide bonds. The van der Waals surface area contributed by atoms with E-state index in [1.807, 2.05) is 0 Å². The highest BCUT2D eigenvalue weighted by molar-refractivity contribution is 7.89. The third-order valence-corrected chi connectivity index (χ3v) is 2.62. The normalized spacial score (nSPS) is 11.3. The van der Waals surface area contributed by atoms with E-state index in [9.17, 15) is 27.3 Å². The summed E-state index contributed by atoms with van der Waals surface area (Å²) in [6, 6.07) is 1.54. The average molecular weight is 278 g/mol. The Balaban J connectivity index is 3.80. The number of rotatable bonds is 3. The van der Waals surface area contributed by atoms with Crippen LogP contribution in [-0.4, -0.2) is 18.3 Å². The summed E-state index contributed by atoms with van der Waals surface area (Å²) in [6.45, 7) is 0. The van der Waals surface area contributed by atoms with Crippen LogP contribution in [-0.2, 0) is 10.0 Å². The van der Waals surface area contributed by atoms with Crippen molar-refractivity contribution in [2.24, 2.45) is 5.14 Å². The molecule has 0 fully saturated rings. The van der Waals surface area contributed by atoms with Gasteiger partial charge in [-0.2, -0.15) is 5.26 Å². The molecule has 11 heteroatoms. The molecule has 0 aliphatic carbocycles. The van der Waals surface area contributed by atoms with Crippen molar-refractivity contribution in [1.29, 1.82) is 5.26 Å². The molecule has 0 atom stereocenters. The van der Waals surface area contributed by atoms with Gasteiger partial charge in [-0.15, -0.1) is 0 Å². The van der Waals surface area contributed by atoms with E-state index in [-0.39, 0.29) is 0 Å². The van der Waals surface area contributed by atoms with Gasteiger partial charge in [-0.1, -0.05) is 0 Å². The standard InChI is InChI=1S/C7H4F2N4O4S/c8-6(9)4-1-5(13(14)15)3(2-10)7(12-4)18(11,16)17/h1,6H,(H2,11,16,17). The molecule has 0 aliphatic rings. The van der Waals surface area contributed by atoms with E-state index < -0.39 is 43.3 Å². The molecular formula is C7H4F2N4O4S. The zero-order valence-corrected chi connectivity index (χ0v) is 9.19. The predicted molar refractivity (Wildman–Crippen MR) is 51.9 cm³/mol. The average Bonchev–Trinajstić information content (AvgIpc) is 2.25. The molecule has 0 bridgehead atoms. The molecule has 0 aromatic carbocycles. The first-order valence-electron chi connectivity index (χ1n) is 4.09. The lowest BCUT2D eigenvalue weighted by atomic mass is 10.2. The van der Waals surface area contributed by atoms with E-state index in [1.54, 1.807) is 0 Å². The number of hydrogen-bond acceptors (Lipinski definition) is 6. The third-order valence-electron chi connectivity index (χ3n) is 1.79. The lowest BCUT2D eigenvalue weighted by Gasteiger charge is -2.05. The fourth-order valence-corrected chi connectivity index (χ4v) is 1.76. The fraction of sp³-hybridized carbons (Fsp3) is 0.143. The quantitative estimate of drug-likeness (QED) is 0.628. The summed E-state index contributed by atoms with van der Waals surface area (Å²) in [5.74, 6) is 0. The SMILES string of the molecule is N#Cc1c([N+](=O)[O-])cc(C(F)F)nc1S(N)(=O)=O. The van der Waals surface area contributed by atoms with Crippen molar-refractivity contribution >= 4 is 15.7 Å². The summed E-state index contributed by atoms with van der Waals surface area (Å²) in [6.07, 6.45) is -3.24. The third kappa shape index (κ3) is 2.55. The number of nitro groups is 1. The minimum Gasteiger partial charge on any atom is -0.258 e. The number of nitrogens with zero attached hydrogens (tertiary/aromatic N) is 3. The Morgan fingerprint density at radius 1 is 1.56 bits per heavy atom. The number of pyridine rings is 1. The molecule has 0 aliphatic heterocycles. The van der Waals surface area contributed by atoms with Gasteiger partial charge in [0.1, 0.15) is 11.8 Å². The van der Waals surface area contributed by atoms with Crippen LogP contribution in [0.3, 0.4) is 0 Å². The summed E-state index contributed by atoms with van der Waals surface area (Å²) >= 11 is 0. The number of hydrogen-bond donors (Lipinski definition) is 1. The summed E-state index contributed by atoms with van der Waals surface area (Å²) in [5, 5.41) is 22.6. The second-order valence-electron chi connectivity index (χ2n) is 2.96. The minimum absolute atomic E-state index is 0.331. The smallest absolute Gasteiger partial charge is 0.258 e. The first-order valence-corrected chi connectivity index (χ1v) is 5.63. The molecule has 8 nitrogen and oxygen atoms in total. The van der Waals surface area contributed by atoms with Gasteiger partial charge >= 0.3 is 0 Å². The first kappa shape index (κ1) is 13.9. The second kappa shape index (κ2) is 4.59. The lowest BCUT2D eigenvalue weighted by molar-refractivity contribution is -0.385. The van der Waals surface area contributed by atoms with E-state index in [0.717, 1.165) is 0 Å². The zero-order chi connectivity index (χ0) is 14.1. The van der Waals surface area contributed by atoms with Crippen LogP contribution in [0.1, 0.15) is 17.7 Å². The van der Waals surface area contributed by atoms with Crippen molar-refractivity contribution < 1.29 is 22.1 Å². The monoisotopic (exact) mass is 278 g/mol. The molecule has 0 saturated heterocycles. The number of nitriles is 1. The summed E-state index contributed by atoms with van der Waals surface area (Å²) in [7, 11) is -4.63. The first-order chi connectivity index (χ1) is 8.18. The predicted octanol–water partition coefficient (Wildman–Crippen LogP) is 0.446. The van der Waals surface area contributed by atoms with E-state index in [1.165, 1.54) is 6.07 Å². The molecule has 1 rings (SSSR count). The number of halogens is 2. The highest BCUT2D eigenvalue weighted by Gasteiger charge is 2.29. The van der Waals surface area contributed by atoms with Gasteiger partial charge in [0.15, 0.2) is 10.6 Å². The van der Waals surface area contributed by atoms with Gasteiger partial charge in [-0.25, -0.2) is 27.3 Å². The molecule has 0 saturated carbocycles. The van der Waals surface area contributed by atoms with Gasteiger partial charge in [0.05, 0.1) is 4.92 Å². The molecule has 0 unspecified atom stereocenters. The van der Waals surface area contributed by atoms with Crippen molar-refractivity contribution in [3.8, 4) is 6.07 Å². The maximum Gasteiger partial charge on any atom is 0.292 e. The van der Waals surface area contributed by atoms with Crippen molar-refractivity contribution in [1.82, 2.24) is 4.98 Å². The number of sulfonamides is 1. The highest BCUT2D eigenvalue weighted by Crippen LogP contribution is 2.28. The zero-order valence-electron chi connectivity index (χ0n) is 8.37. The van der Waals surface area contributed by atoms with Crippen LogP contribution >= 0.6 is 0 Å². The highest BCUT2D eigenvalue weighted by atomic mass is 32.2. The Morgan fingerprint density at radius 3 is 2.44 bits per heavy atom. The maximum atomic E-state index is 12.4. The topological polar surface area (TPSA) is 140 Å². The van der Waals surface area contributed by atoms with Crippen LogP contribution in [0.5, 0.6) is 0 Å². The molecule has 1 heterocycles. The molecule has 0 spiro atoms. The number of alkyl halides is 2. The van der Waals surface area contributed by atoms with Crippen molar-refractivity contribution in [2.75, 3.05) is 0 Å². The Hall–Kier alpha value is -2.19. The van der Waals surface area contributed by atoms with Gasteiger partial charge in [-0.3, -0.25) is 10.1 Å². The molecule has 2 N–H and O–H groups in total. The van der Waals surface area contributed by atoms with Crippen LogP contribution in [0.15, 0.2) is 11.1 Å². The van der Waals surface area contributed by atoms with Crippen LogP contribution in [0.4, 0.5) is 14.5 Å². The van der Waals surface area contributed by atoms with E-state index in [0.29, 0.717) is 6.07 Å². The molecule has 0 radical (unpaired) electrons. The molecule has 1 aromatic rings. The maximum absolute atomic E-state index is 12.4. The Kier molecular flexibility index (Phi) is 3.54. The molecule has 1 aromatic heterocycles. The van der Waals surface area contributed by atoms with Gasteiger partial charge in [0.25, 0.3) is 22.1 Å². The van der Waals surface area contributed by atoms with Crippen LogP contribution in [0.2, 0.25) is 0 Å². The van der Waals surface area contributed by atoms with Gasteiger partial charge in [-0.05, 0) is 0 Å². The Labute approximate surface area is 98.9 Å². The second-order valence-corrected chi connectivity index (χ2v) is 4.44. The number of primary sulfonamides is 1. The number of nitrogens with two attached hydrogens (primary N) is 1. The molecule has 18 heavy (non-hydrogen) atoms. The fourth-order valence-electron chi connectivity index (χ4n) is 1.09. The van der Waals surface area contributed by atoms with Crippen molar-refractivity contribution in [3.63, 3.8) is 0 Å². The van der Waals surface area contributed by atoms with Crippen molar-refractivity contribution in [3.05, 3.63) is 27.4 Å². The van der Waals surface area contributed by atoms with E-state index in [4.69, 9.17) is 5.26 Å². The van der Waals surface area contributed by atoms with Crippen molar-refractivity contribution in [2.45, 2.75) is 11.5 Å². The van der Waals surface area contributed by atoms with Gasteiger partial charge < -0.3 is 0 Å². The van der Waals surface area contributed by atoms with Gasteiger partial charge in [0.2, 0.25) is 0 Å². The minimum atomic E-state index is -4.63. The van der Waals surface area contributed by atoms with Crippen LogP contribution < -0.4 is 5.14 Å². The largest absolute Gasteiger partial charge is 0.292 e. The van der Waals surface area contributed by atoms with E-state index >= 15 is 0 Å². The summed E-state index contributed by atoms with van der Waals surface area (Å²) < 4.78 is 46.9. The molecule has 96 valence electrons. The van der Waals surface area contributed by atoms with Crippen LogP contribution in [0.25, 0.3) is 0 Å².